The number of carbonyl (C=O) groups excluding carboxylic acids is 2. The predicted octanol–water partition coefficient (Wildman–Crippen LogP) is 1.75. The molecule has 1 heterocycles. The zero-order chi connectivity index (χ0) is 18.5. The zero-order valence-corrected chi connectivity index (χ0v) is 13.8. The number of nitrogens with two attached hydrogens (primary N) is 2. The van der Waals surface area contributed by atoms with E-state index in [4.69, 9.17) is 11.5 Å². The standard InChI is InChI=1S/C19H17N5O2/c20-17-16(18(21)25)24-15(11-22-17)13-7-4-8-14(9-13)19(26)23-10-12-5-2-1-3-6-12/h1-9,11H,10H2,(H2,20,22)(H2,21,25)(H,23,26). The van der Waals surface area contributed by atoms with Gasteiger partial charge >= 0.3 is 0 Å². The third-order valence-electron chi connectivity index (χ3n) is 3.75. The van der Waals surface area contributed by atoms with Crippen LogP contribution in [0.1, 0.15) is 26.4 Å². The van der Waals surface area contributed by atoms with Crippen molar-refractivity contribution in [3.8, 4) is 11.3 Å². The van der Waals surface area contributed by atoms with Gasteiger partial charge in [0.05, 0.1) is 11.9 Å². The number of carbonyl (C=O) groups is 2. The van der Waals surface area contributed by atoms with Crippen molar-refractivity contribution in [1.29, 1.82) is 0 Å². The van der Waals surface area contributed by atoms with Gasteiger partial charge in [0.1, 0.15) is 0 Å². The summed E-state index contributed by atoms with van der Waals surface area (Å²) in [4.78, 5) is 31.8. The smallest absolute Gasteiger partial charge is 0.271 e. The highest BCUT2D eigenvalue weighted by Crippen LogP contribution is 2.19. The van der Waals surface area contributed by atoms with E-state index in [1.807, 2.05) is 30.3 Å². The Labute approximate surface area is 150 Å². The molecule has 0 saturated heterocycles. The van der Waals surface area contributed by atoms with Gasteiger partial charge in [0.2, 0.25) is 0 Å². The van der Waals surface area contributed by atoms with E-state index in [0.717, 1.165) is 5.56 Å². The number of hydrogen-bond acceptors (Lipinski definition) is 5. The molecule has 5 N–H and O–H groups in total. The molecule has 0 aliphatic carbocycles. The Bertz CT molecular complexity index is 957. The van der Waals surface area contributed by atoms with Crippen LogP contribution in [0.2, 0.25) is 0 Å². The van der Waals surface area contributed by atoms with E-state index in [1.54, 1.807) is 24.3 Å². The van der Waals surface area contributed by atoms with Gasteiger partial charge in [-0.2, -0.15) is 0 Å². The third-order valence-corrected chi connectivity index (χ3v) is 3.75. The lowest BCUT2D eigenvalue weighted by Gasteiger charge is -2.08. The maximum absolute atomic E-state index is 12.4. The van der Waals surface area contributed by atoms with Gasteiger partial charge in [0.15, 0.2) is 11.5 Å². The minimum atomic E-state index is -0.756. The van der Waals surface area contributed by atoms with E-state index in [1.165, 1.54) is 6.20 Å². The number of benzene rings is 2. The molecule has 0 atom stereocenters. The lowest BCUT2D eigenvalue weighted by molar-refractivity contribution is 0.0949. The highest BCUT2D eigenvalue weighted by Gasteiger charge is 2.13. The SMILES string of the molecule is NC(=O)c1nc(-c2cccc(C(=O)NCc3ccccc3)c2)cnc1N. The van der Waals surface area contributed by atoms with Gasteiger partial charge in [-0.05, 0) is 17.7 Å². The quantitative estimate of drug-likeness (QED) is 0.648. The molecule has 7 nitrogen and oxygen atoms in total. The predicted molar refractivity (Wildman–Crippen MR) is 98.0 cm³/mol. The van der Waals surface area contributed by atoms with Crippen LogP contribution in [0.5, 0.6) is 0 Å². The van der Waals surface area contributed by atoms with Crippen molar-refractivity contribution in [2.75, 3.05) is 5.73 Å². The Kier molecular flexibility index (Phi) is 4.89. The number of anilines is 1. The first kappa shape index (κ1) is 17.1. The second-order valence-electron chi connectivity index (χ2n) is 5.60. The highest BCUT2D eigenvalue weighted by atomic mass is 16.2. The first-order valence-electron chi connectivity index (χ1n) is 7.89. The van der Waals surface area contributed by atoms with Gasteiger partial charge in [-0.1, -0.05) is 42.5 Å². The van der Waals surface area contributed by atoms with Gasteiger partial charge in [-0.3, -0.25) is 9.59 Å². The van der Waals surface area contributed by atoms with Crippen LogP contribution in [0.15, 0.2) is 60.8 Å². The molecule has 0 aliphatic rings. The summed E-state index contributed by atoms with van der Waals surface area (Å²) in [5.74, 6) is -0.999. The largest absolute Gasteiger partial charge is 0.382 e. The van der Waals surface area contributed by atoms with E-state index in [9.17, 15) is 9.59 Å². The molecule has 0 spiro atoms. The van der Waals surface area contributed by atoms with Crippen LogP contribution in [0.25, 0.3) is 11.3 Å². The first-order valence-corrected chi connectivity index (χ1v) is 7.89. The number of aromatic nitrogens is 2. The van der Waals surface area contributed by atoms with Crippen molar-refractivity contribution in [2.45, 2.75) is 6.54 Å². The van der Waals surface area contributed by atoms with E-state index >= 15 is 0 Å². The molecule has 2 amide bonds. The van der Waals surface area contributed by atoms with Gasteiger partial charge in [-0.25, -0.2) is 9.97 Å². The first-order chi connectivity index (χ1) is 12.5. The van der Waals surface area contributed by atoms with Gasteiger partial charge in [0, 0.05) is 17.7 Å². The van der Waals surface area contributed by atoms with E-state index in [0.29, 0.717) is 23.4 Å². The van der Waals surface area contributed by atoms with E-state index in [-0.39, 0.29) is 17.4 Å². The van der Waals surface area contributed by atoms with Crippen molar-refractivity contribution in [1.82, 2.24) is 15.3 Å². The Morgan fingerprint density at radius 3 is 2.54 bits per heavy atom. The molecule has 7 heteroatoms. The van der Waals surface area contributed by atoms with E-state index in [2.05, 4.69) is 15.3 Å². The Balaban J connectivity index is 1.81. The number of nitrogens with zero attached hydrogens (tertiary/aromatic N) is 2. The zero-order valence-electron chi connectivity index (χ0n) is 13.8. The molecule has 0 aliphatic heterocycles. The highest BCUT2D eigenvalue weighted by molar-refractivity contribution is 5.96. The van der Waals surface area contributed by atoms with Crippen molar-refractivity contribution < 1.29 is 9.59 Å². The molecular weight excluding hydrogens is 330 g/mol. The number of primary amides is 1. The molecule has 0 saturated carbocycles. The summed E-state index contributed by atoms with van der Waals surface area (Å²) >= 11 is 0. The van der Waals surface area contributed by atoms with Crippen LogP contribution in [0, 0.1) is 0 Å². The second kappa shape index (κ2) is 7.43. The fourth-order valence-corrected chi connectivity index (χ4v) is 2.42. The van der Waals surface area contributed by atoms with Crippen LogP contribution < -0.4 is 16.8 Å². The van der Waals surface area contributed by atoms with Crippen LogP contribution in [0.3, 0.4) is 0 Å². The average Bonchev–Trinajstić information content (AvgIpc) is 2.67. The number of rotatable bonds is 5. The van der Waals surface area contributed by atoms with Crippen molar-refractivity contribution in [3.05, 3.63) is 77.6 Å². The molecule has 3 rings (SSSR count). The summed E-state index contributed by atoms with van der Waals surface area (Å²) in [5.41, 5.74) is 13.3. The lowest BCUT2D eigenvalue weighted by atomic mass is 10.1. The molecule has 2 aromatic carbocycles. The molecular formula is C19H17N5O2. The summed E-state index contributed by atoms with van der Waals surface area (Å²) in [6.45, 7) is 0.428. The van der Waals surface area contributed by atoms with Crippen LogP contribution >= 0.6 is 0 Å². The fourth-order valence-electron chi connectivity index (χ4n) is 2.42. The molecule has 0 radical (unpaired) electrons. The number of amides is 2. The average molecular weight is 347 g/mol. The van der Waals surface area contributed by atoms with Gasteiger partial charge in [-0.15, -0.1) is 0 Å². The summed E-state index contributed by atoms with van der Waals surface area (Å²) in [6.07, 6.45) is 1.43. The summed E-state index contributed by atoms with van der Waals surface area (Å²) in [6, 6.07) is 16.5. The maximum atomic E-state index is 12.4. The van der Waals surface area contributed by atoms with Crippen LogP contribution in [-0.2, 0) is 6.54 Å². The molecule has 3 aromatic rings. The molecule has 26 heavy (non-hydrogen) atoms. The van der Waals surface area contributed by atoms with Gasteiger partial charge in [0.25, 0.3) is 11.8 Å². The summed E-state index contributed by atoms with van der Waals surface area (Å²) in [7, 11) is 0. The maximum Gasteiger partial charge on any atom is 0.271 e. The second-order valence-corrected chi connectivity index (χ2v) is 5.60. The fraction of sp³-hybridized carbons (Fsp3) is 0.0526. The van der Waals surface area contributed by atoms with Crippen molar-refractivity contribution in [2.24, 2.45) is 5.73 Å². The van der Waals surface area contributed by atoms with Crippen molar-refractivity contribution >= 4 is 17.6 Å². The van der Waals surface area contributed by atoms with Crippen LogP contribution in [0.4, 0.5) is 5.82 Å². The summed E-state index contributed by atoms with van der Waals surface area (Å²) < 4.78 is 0. The van der Waals surface area contributed by atoms with Crippen LogP contribution in [-0.4, -0.2) is 21.8 Å². The normalized spacial score (nSPS) is 10.3. The molecule has 0 unspecified atom stereocenters. The summed E-state index contributed by atoms with van der Waals surface area (Å²) in [5, 5.41) is 2.86. The Morgan fingerprint density at radius 2 is 1.81 bits per heavy atom. The number of nitrogen functional groups attached to an aromatic ring is 1. The van der Waals surface area contributed by atoms with Gasteiger partial charge < -0.3 is 16.8 Å². The monoisotopic (exact) mass is 347 g/mol. The van der Waals surface area contributed by atoms with E-state index < -0.39 is 5.91 Å². The Morgan fingerprint density at radius 1 is 1.04 bits per heavy atom. The lowest BCUT2D eigenvalue weighted by Crippen LogP contribution is -2.22. The minimum absolute atomic E-state index is 0.0296. The topological polar surface area (TPSA) is 124 Å². The number of hydrogen-bond donors (Lipinski definition) is 3. The third kappa shape index (κ3) is 3.84. The van der Waals surface area contributed by atoms with Crippen molar-refractivity contribution in [3.63, 3.8) is 0 Å². The molecule has 0 fully saturated rings. The Hall–Kier alpha value is -3.74. The molecule has 1 aromatic heterocycles. The molecule has 130 valence electrons. The minimum Gasteiger partial charge on any atom is -0.382 e. The molecule has 0 bridgehead atoms. The number of nitrogens with one attached hydrogen (secondary N) is 1.